The molecule has 78 heavy (non-hydrogen) atoms. The van der Waals surface area contributed by atoms with E-state index in [0.717, 1.165) is 25.1 Å². The number of hydrogen-bond acceptors (Lipinski definition) is 16. The number of aliphatic hydroxyl groups is 1. The minimum absolute atomic E-state index is 0. The van der Waals surface area contributed by atoms with Crippen LogP contribution in [0, 0.1) is 0 Å². The topological polar surface area (TPSA) is 289 Å². The highest BCUT2D eigenvalue weighted by atomic mass is 32.2. The molecule has 2 atom stereocenters. The fourth-order valence-electron chi connectivity index (χ4n) is 8.38. The van der Waals surface area contributed by atoms with Crippen LogP contribution in [0.3, 0.4) is 0 Å². The van der Waals surface area contributed by atoms with Gasteiger partial charge in [0.05, 0.1) is 69.4 Å². The van der Waals surface area contributed by atoms with Gasteiger partial charge in [-0.1, -0.05) is 68.1 Å². The lowest BCUT2D eigenvalue weighted by atomic mass is 10.1. The quantitative estimate of drug-likeness (QED) is 0.117. The van der Waals surface area contributed by atoms with Crippen LogP contribution in [0.15, 0.2) is 156 Å². The number of aliphatic hydroxyl groups excluding tert-OH is 1. The van der Waals surface area contributed by atoms with Gasteiger partial charge in [0.25, 0.3) is 43.7 Å². The second-order valence-corrected chi connectivity index (χ2v) is 21.7. The first-order valence-electron chi connectivity index (χ1n) is 23.2. The molecule has 0 fully saturated rings. The fraction of sp³-hybridized carbons (Fsp3) is 0.226. The predicted octanol–water partition coefficient (Wildman–Crippen LogP) is 5.70. The Kier molecular flexibility index (Phi) is 19.7. The van der Waals surface area contributed by atoms with Crippen LogP contribution in [0.5, 0.6) is 0 Å². The number of ether oxygens (including phenoxy) is 1. The molecule has 0 bridgehead atoms. The number of pyridine rings is 2. The van der Waals surface area contributed by atoms with Crippen molar-refractivity contribution in [2.24, 2.45) is 5.73 Å². The normalized spacial score (nSPS) is 13.6. The van der Waals surface area contributed by atoms with Crippen molar-refractivity contribution in [3.8, 4) is 0 Å². The number of nitrogens with two attached hydrogens (primary N) is 1. The molecule has 25 heteroatoms. The minimum Gasteiger partial charge on any atom is -0.444 e. The molecule has 8 aromatic rings. The Morgan fingerprint density at radius 2 is 0.949 bits per heavy atom. The number of amides is 5. The Labute approximate surface area is 464 Å². The first-order chi connectivity index (χ1) is 35.8. The molecule has 4 N–H and O–H groups in total. The average molecular weight is 1140 g/mol. The molecule has 0 radical (unpaired) electrons. The number of aromatic nitrogens is 6. The number of benzene rings is 4. The van der Waals surface area contributed by atoms with Gasteiger partial charge in [-0.3, -0.25) is 38.9 Å². The Morgan fingerprint density at radius 1 is 0.590 bits per heavy atom. The maximum absolute atomic E-state index is 13.1. The Morgan fingerprint density at radius 3 is 1.33 bits per heavy atom. The highest BCUT2D eigenvalue weighted by Crippen LogP contribution is 2.27. The number of fused-ring (bicyclic) bond motifs is 4. The number of carbonyl (C=O) groups is 5. The standard InChI is InChI=1S/C28H27N5O6S.C23H19N5O4S.CH4O.CH4.2H2S/c1-28(2,3)39-27(36)31-20(17-32-25(34)22-11-7-8-12-23(22)26(32)35)14-19-13-18-15-30-33(24(18)16-29-19)40(37,38)21-9-5-4-6-10-21;24-16(14-27-22(29)19-8-4-5-9-20(19)23(27)30)11-17-10-15-12-26-28(21(15)13-25-17)33(31,32)18-6-2-1-3-7-18;1-2;;;/h4-13,15-16,20H,14,17H2,1-3H3,(H,31,36);1-10,12-13,16H,11,14,24H2;2H,1H3;1H4;2*1H2/t20-;16-;;;;/m00..../s1. The molecule has 0 saturated carbocycles. The van der Waals surface area contributed by atoms with E-state index in [1.54, 1.807) is 118 Å². The molecule has 2 aliphatic heterocycles. The van der Waals surface area contributed by atoms with Crippen molar-refractivity contribution in [2.45, 2.75) is 68.5 Å². The summed E-state index contributed by atoms with van der Waals surface area (Å²) in [6.07, 6.45) is 5.41. The zero-order chi connectivity index (χ0) is 53.8. The number of carbonyl (C=O) groups excluding carboxylic acids is 5. The monoisotopic (exact) mass is 1140 g/mol. The molecular weight excluding hydrogens is 1080 g/mol. The summed E-state index contributed by atoms with van der Waals surface area (Å²) in [7, 11) is -6.79. The second-order valence-electron chi connectivity index (χ2n) is 18.1. The maximum Gasteiger partial charge on any atom is 0.407 e. The number of rotatable bonds is 13. The van der Waals surface area contributed by atoms with E-state index in [-0.39, 0.29) is 81.1 Å². The minimum atomic E-state index is -3.94. The predicted molar refractivity (Wildman–Crippen MR) is 301 cm³/mol. The number of alkyl carbamates (subject to hydrolysis) is 1. The lowest BCUT2D eigenvalue weighted by Crippen LogP contribution is -2.48. The fourth-order valence-corrected chi connectivity index (χ4v) is 10.9. The van der Waals surface area contributed by atoms with E-state index in [0.29, 0.717) is 56.4 Å². The van der Waals surface area contributed by atoms with Crippen molar-refractivity contribution < 1.29 is 50.7 Å². The molecule has 2 aliphatic rings. The number of imide groups is 2. The average Bonchev–Trinajstić information content (AvgIpc) is 4.16. The van der Waals surface area contributed by atoms with Gasteiger partial charge < -0.3 is 20.9 Å². The molecule has 5 amide bonds. The van der Waals surface area contributed by atoms with Crippen LogP contribution >= 0.6 is 27.0 Å². The van der Waals surface area contributed by atoms with E-state index < -0.39 is 55.6 Å². The lowest BCUT2D eigenvalue weighted by molar-refractivity contribution is 0.0467. The third-order valence-corrected chi connectivity index (χ3v) is 14.9. The van der Waals surface area contributed by atoms with E-state index in [4.69, 9.17) is 15.6 Å². The van der Waals surface area contributed by atoms with Crippen LogP contribution in [0.1, 0.15) is 81.0 Å². The van der Waals surface area contributed by atoms with E-state index in [9.17, 15) is 40.8 Å². The van der Waals surface area contributed by atoms with Gasteiger partial charge in [0, 0.05) is 54.7 Å². The van der Waals surface area contributed by atoms with Gasteiger partial charge in [0.2, 0.25) is 0 Å². The molecule has 4 aromatic heterocycles. The highest BCUT2D eigenvalue weighted by Gasteiger charge is 2.38. The summed E-state index contributed by atoms with van der Waals surface area (Å²) in [5.41, 5.74) is 8.54. The van der Waals surface area contributed by atoms with E-state index in [2.05, 4.69) is 25.5 Å². The van der Waals surface area contributed by atoms with Gasteiger partial charge in [0.1, 0.15) is 16.6 Å². The summed E-state index contributed by atoms with van der Waals surface area (Å²) in [4.78, 5) is 74.9. The summed E-state index contributed by atoms with van der Waals surface area (Å²) in [6.45, 7) is 5.10. The Balaban J connectivity index is 0.000000272. The van der Waals surface area contributed by atoms with Crippen molar-refractivity contribution >= 4 is 98.6 Å². The lowest BCUT2D eigenvalue weighted by Gasteiger charge is -2.26. The first-order valence-corrected chi connectivity index (χ1v) is 26.0. The van der Waals surface area contributed by atoms with E-state index >= 15 is 0 Å². The summed E-state index contributed by atoms with van der Waals surface area (Å²) in [6, 6.07) is 31.3. The molecule has 10 rings (SSSR count). The van der Waals surface area contributed by atoms with Crippen LogP contribution in [0.4, 0.5) is 4.79 Å². The Hall–Kier alpha value is -7.81. The second kappa shape index (κ2) is 25.1. The number of nitrogens with one attached hydrogen (secondary N) is 1. The smallest absolute Gasteiger partial charge is 0.407 e. The largest absolute Gasteiger partial charge is 0.444 e. The summed E-state index contributed by atoms with van der Waals surface area (Å²) in [5.74, 6) is -1.62. The zero-order valence-corrected chi connectivity index (χ0v) is 45.5. The van der Waals surface area contributed by atoms with Crippen LogP contribution in [0.2, 0.25) is 0 Å². The summed E-state index contributed by atoms with van der Waals surface area (Å²) in [5, 5.41) is 19.0. The van der Waals surface area contributed by atoms with E-state index in [1.807, 2.05) is 0 Å². The van der Waals surface area contributed by atoms with Gasteiger partial charge in [-0.15, -0.1) is 0 Å². The van der Waals surface area contributed by atoms with Crippen molar-refractivity contribution in [2.75, 3.05) is 20.2 Å². The first kappa shape index (κ1) is 61.0. The van der Waals surface area contributed by atoms with Crippen LogP contribution in [0.25, 0.3) is 21.8 Å². The van der Waals surface area contributed by atoms with Crippen molar-refractivity contribution in [1.82, 2.24) is 43.5 Å². The van der Waals surface area contributed by atoms with Crippen molar-refractivity contribution in [3.63, 3.8) is 0 Å². The molecule has 0 spiro atoms. The van der Waals surface area contributed by atoms with Crippen molar-refractivity contribution in [1.29, 1.82) is 0 Å². The molecule has 6 heterocycles. The number of hydrogen-bond donors (Lipinski definition) is 3. The van der Waals surface area contributed by atoms with Gasteiger partial charge in [0.15, 0.2) is 0 Å². The molecule has 0 aliphatic carbocycles. The molecule has 0 unspecified atom stereocenters. The Bertz CT molecular complexity index is 3650. The van der Waals surface area contributed by atoms with Crippen molar-refractivity contribution in [3.05, 3.63) is 180 Å². The summed E-state index contributed by atoms with van der Waals surface area (Å²) >= 11 is 0. The third-order valence-electron chi connectivity index (χ3n) is 11.7. The van der Waals surface area contributed by atoms with Crippen LogP contribution in [-0.2, 0) is 37.6 Å². The molecule has 410 valence electrons. The SMILES string of the molecule is C.CC(C)(C)OC(=O)N[C@@H](Cc1cc2cnn(S(=O)(=O)c3ccccc3)c2cn1)CN1C(=O)c2ccccc2C1=O.CO.N[C@@H](Cc1cc2cnn(S(=O)(=O)c3ccccc3)c2cn1)CN1C(=O)c2ccccc2C1=O.S.S. The molecule has 4 aromatic carbocycles. The summed E-state index contributed by atoms with van der Waals surface area (Å²) < 4.78 is 59.3. The van der Waals surface area contributed by atoms with Crippen LogP contribution < -0.4 is 11.1 Å². The van der Waals surface area contributed by atoms with Gasteiger partial charge in [-0.2, -0.15) is 62.2 Å². The molecule has 21 nitrogen and oxygen atoms in total. The zero-order valence-electron chi connectivity index (χ0n) is 41.8. The maximum atomic E-state index is 13.1. The van der Waals surface area contributed by atoms with Crippen LogP contribution in [-0.4, -0.2) is 128 Å². The third kappa shape index (κ3) is 12.8. The number of nitrogens with zero attached hydrogens (tertiary/aromatic N) is 8. The molecule has 0 saturated heterocycles. The van der Waals surface area contributed by atoms with Gasteiger partial charge in [-0.05, 0) is 81.4 Å². The van der Waals surface area contributed by atoms with Gasteiger partial charge >= 0.3 is 6.09 Å². The van der Waals surface area contributed by atoms with Gasteiger partial charge in [-0.25, -0.2) is 4.79 Å². The van der Waals surface area contributed by atoms with E-state index in [1.165, 1.54) is 49.1 Å². The highest BCUT2D eigenvalue weighted by molar-refractivity contribution is 7.90. The molecular formula is C53H58N10O11S4.